The Hall–Kier alpha value is -1.68. The van der Waals surface area contributed by atoms with E-state index in [4.69, 9.17) is 10.00 Å². The van der Waals surface area contributed by atoms with Gasteiger partial charge in [0.05, 0.1) is 11.7 Å². The molecule has 0 radical (unpaired) electrons. The predicted molar refractivity (Wildman–Crippen MR) is 65.0 cm³/mol. The van der Waals surface area contributed by atoms with E-state index in [0.717, 1.165) is 6.07 Å². The van der Waals surface area contributed by atoms with Crippen molar-refractivity contribution < 1.29 is 19.3 Å². The highest BCUT2D eigenvalue weighted by molar-refractivity contribution is 5.36. The largest absolute Gasteiger partial charge is 0.486 e. The van der Waals surface area contributed by atoms with Crippen molar-refractivity contribution in [2.75, 3.05) is 13.1 Å². The number of nitriles is 1. The average Bonchev–Trinajstić information content (AvgIpc) is 2.73. The summed E-state index contributed by atoms with van der Waals surface area (Å²) >= 11 is 0. The molecule has 0 bridgehead atoms. The summed E-state index contributed by atoms with van der Waals surface area (Å²) in [6, 6.07) is 5.59. The Morgan fingerprint density at radius 2 is 2.37 bits per heavy atom. The summed E-state index contributed by atoms with van der Waals surface area (Å²) in [5.74, 6) is -0.462. The number of nitrogens with zero attached hydrogens (tertiary/aromatic N) is 1. The van der Waals surface area contributed by atoms with E-state index in [0.29, 0.717) is 6.54 Å². The fourth-order valence-corrected chi connectivity index (χ4v) is 2.08. The van der Waals surface area contributed by atoms with Gasteiger partial charge in [-0.3, -0.25) is 0 Å². The second kappa shape index (κ2) is 5.13. The second-order valence-electron chi connectivity index (χ2n) is 4.66. The van der Waals surface area contributed by atoms with Crippen molar-refractivity contribution in [1.29, 1.82) is 5.26 Å². The molecule has 5 nitrogen and oxygen atoms in total. The number of hydrogen-bond donors (Lipinski definition) is 3. The number of nitrogens with one attached hydrogen (secondary N) is 1. The molecule has 1 saturated heterocycles. The highest BCUT2D eigenvalue weighted by Gasteiger charge is 2.47. The third-order valence-electron chi connectivity index (χ3n) is 3.36. The molecule has 0 amide bonds. The summed E-state index contributed by atoms with van der Waals surface area (Å²) < 4.78 is 19.0. The van der Waals surface area contributed by atoms with Crippen LogP contribution in [0.1, 0.15) is 12.5 Å². The Morgan fingerprint density at radius 1 is 1.63 bits per heavy atom. The zero-order chi connectivity index (χ0) is 14.0. The predicted octanol–water partition coefficient (Wildman–Crippen LogP) is 0.160. The number of aliphatic hydroxyl groups is 2. The lowest BCUT2D eigenvalue weighted by molar-refractivity contribution is -0.103. The van der Waals surface area contributed by atoms with E-state index in [-0.39, 0.29) is 17.9 Å². The van der Waals surface area contributed by atoms with Crippen LogP contribution in [-0.4, -0.2) is 41.1 Å². The molecule has 1 fully saturated rings. The fourth-order valence-electron chi connectivity index (χ4n) is 2.08. The summed E-state index contributed by atoms with van der Waals surface area (Å²) in [6.45, 7) is 2.03. The summed E-state index contributed by atoms with van der Waals surface area (Å²) in [6.07, 6.45) is -1.66. The Balaban J connectivity index is 2.18. The van der Waals surface area contributed by atoms with Crippen LogP contribution >= 0.6 is 0 Å². The molecular formula is C13H15FN2O3. The number of aliphatic hydroxyl groups excluding tert-OH is 1. The van der Waals surface area contributed by atoms with Gasteiger partial charge in [0.25, 0.3) is 0 Å². The minimum absolute atomic E-state index is 0.0670. The van der Waals surface area contributed by atoms with E-state index < -0.39 is 23.6 Å². The van der Waals surface area contributed by atoms with Crippen LogP contribution in [0.4, 0.5) is 4.39 Å². The Bertz CT molecular complexity index is 515. The van der Waals surface area contributed by atoms with Gasteiger partial charge in [0, 0.05) is 19.2 Å². The molecule has 0 aromatic heterocycles. The topological polar surface area (TPSA) is 85.5 Å². The van der Waals surface area contributed by atoms with E-state index in [1.165, 1.54) is 19.1 Å². The van der Waals surface area contributed by atoms with E-state index >= 15 is 0 Å². The first-order chi connectivity index (χ1) is 8.97. The molecule has 2 rings (SSSR count). The van der Waals surface area contributed by atoms with Gasteiger partial charge in [0.1, 0.15) is 29.3 Å². The number of rotatable bonds is 3. The third-order valence-corrected chi connectivity index (χ3v) is 3.36. The summed E-state index contributed by atoms with van der Waals surface area (Å²) in [5.41, 5.74) is -1.48. The molecule has 1 heterocycles. The molecule has 102 valence electrons. The lowest BCUT2D eigenvalue weighted by atomic mass is 9.94. The van der Waals surface area contributed by atoms with Crippen LogP contribution in [0.2, 0.25) is 0 Å². The van der Waals surface area contributed by atoms with Gasteiger partial charge in [-0.2, -0.15) is 5.26 Å². The number of β-amino-alcohol motifs (C(OH)–C–C–N with tert-alkyl or cyclic N) is 1. The molecule has 1 aliphatic rings. The van der Waals surface area contributed by atoms with Gasteiger partial charge in [-0.05, 0) is 19.1 Å². The molecule has 3 N–H and O–H groups in total. The maximum absolute atomic E-state index is 13.4. The Labute approximate surface area is 110 Å². The lowest BCUT2D eigenvalue weighted by Crippen LogP contribution is -2.53. The number of ether oxygens (including phenoxy) is 1. The zero-order valence-electron chi connectivity index (χ0n) is 10.4. The maximum atomic E-state index is 13.4. The average molecular weight is 266 g/mol. The van der Waals surface area contributed by atoms with Crippen molar-refractivity contribution in [3.63, 3.8) is 0 Å². The Morgan fingerprint density at radius 3 is 2.95 bits per heavy atom. The van der Waals surface area contributed by atoms with Crippen molar-refractivity contribution >= 4 is 0 Å². The van der Waals surface area contributed by atoms with Crippen LogP contribution in [0.15, 0.2) is 18.2 Å². The molecule has 0 unspecified atom stereocenters. The van der Waals surface area contributed by atoms with Crippen molar-refractivity contribution in [3.8, 4) is 11.8 Å². The molecule has 0 spiro atoms. The van der Waals surface area contributed by atoms with Gasteiger partial charge < -0.3 is 20.3 Å². The first kappa shape index (κ1) is 13.7. The van der Waals surface area contributed by atoms with E-state index in [1.807, 2.05) is 0 Å². The quantitative estimate of drug-likeness (QED) is 0.725. The second-order valence-corrected chi connectivity index (χ2v) is 4.66. The number of hydrogen-bond acceptors (Lipinski definition) is 5. The standard InChI is InChI=1S/C13H15FN2O3/c1-8(17)13(18)7-16-6-12(13)19-10-3-2-9(5-15)11(14)4-10/h2-4,8,12,16-18H,6-7H2,1H3/t8-,12-,13+/m0/s1. The minimum Gasteiger partial charge on any atom is -0.486 e. The monoisotopic (exact) mass is 266 g/mol. The molecule has 6 heteroatoms. The van der Waals surface area contributed by atoms with Crippen LogP contribution in [0, 0.1) is 17.1 Å². The van der Waals surface area contributed by atoms with Gasteiger partial charge >= 0.3 is 0 Å². The molecule has 1 aliphatic heterocycles. The first-order valence-electron chi connectivity index (χ1n) is 5.95. The SMILES string of the molecule is C[C@H](O)[C@]1(O)CNC[C@@H]1Oc1ccc(C#N)c(F)c1. The van der Waals surface area contributed by atoms with Crippen LogP contribution < -0.4 is 10.1 Å². The van der Waals surface area contributed by atoms with E-state index in [9.17, 15) is 14.6 Å². The van der Waals surface area contributed by atoms with Crippen molar-refractivity contribution in [2.24, 2.45) is 0 Å². The zero-order valence-corrected chi connectivity index (χ0v) is 10.4. The van der Waals surface area contributed by atoms with Gasteiger partial charge in [-0.15, -0.1) is 0 Å². The van der Waals surface area contributed by atoms with Gasteiger partial charge in [-0.25, -0.2) is 4.39 Å². The Kier molecular flexibility index (Phi) is 3.71. The normalized spacial score (nSPS) is 27.8. The summed E-state index contributed by atoms with van der Waals surface area (Å²) in [7, 11) is 0. The molecule has 1 aromatic rings. The highest BCUT2D eigenvalue weighted by atomic mass is 19.1. The van der Waals surface area contributed by atoms with Gasteiger partial charge in [0.2, 0.25) is 0 Å². The molecular weight excluding hydrogens is 251 g/mol. The fraction of sp³-hybridized carbons (Fsp3) is 0.462. The van der Waals surface area contributed by atoms with Gasteiger partial charge in [0.15, 0.2) is 0 Å². The van der Waals surface area contributed by atoms with E-state index in [1.54, 1.807) is 6.07 Å². The van der Waals surface area contributed by atoms with Crippen LogP contribution in [0.3, 0.4) is 0 Å². The van der Waals surface area contributed by atoms with Crippen molar-refractivity contribution in [2.45, 2.75) is 24.7 Å². The molecule has 3 atom stereocenters. The number of halogens is 1. The van der Waals surface area contributed by atoms with Crippen LogP contribution in [0.5, 0.6) is 5.75 Å². The van der Waals surface area contributed by atoms with Gasteiger partial charge in [-0.1, -0.05) is 0 Å². The lowest BCUT2D eigenvalue weighted by Gasteiger charge is -2.31. The van der Waals surface area contributed by atoms with E-state index in [2.05, 4.69) is 5.32 Å². The van der Waals surface area contributed by atoms with Crippen molar-refractivity contribution in [1.82, 2.24) is 5.32 Å². The minimum atomic E-state index is -1.41. The molecule has 1 aromatic carbocycles. The van der Waals surface area contributed by atoms with Crippen LogP contribution in [0.25, 0.3) is 0 Å². The summed E-state index contributed by atoms with van der Waals surface area (Å²) in [5, 5.41) is 31.4. The third kappa shape index (κ3) is 2.54. The summed E-state index contributed by atoms with van der Waals surface area (Å²) in [4.78, 5) is 0. The van der Waals surface area contributed by atoms with Crippen molar-refractivity contribution in [3.05, 3.63) is 29.6 Å². The highest BCUT2D eigenvalue weighted by Crippen LogP contribution is 2.26. The first-order valence-corrected chi connectivity index (χ1v) is 5.95. The smallest absolute Gasteiger partial charge is 0.144 e. The molecule has 0 saturated carbocycles. The molecule has 0 aliphatic carbocycles. The van der Waals surface area contributed by atoms with Crippen LogP contribution in [-0.2, 0) is 0 Å². The number of benzene rings is 1. The molecule has 19 heavy (non-hydrogen) atoms. The maximum Gasteiger partial charge on any atom is 0.144 e.